The summed E-state index contributed by atoms with van der Waals surface area (Å²) in [6.07, 6.45) is 3.44. The highest BCUT2D eigenvalue weighted by atomic mass is 14.8. The standard InChI is InChI=1S/C10H9N3/c11-10-5-4-8(7-13-10)9-3-1-2-6-12-9/h1-7H,(H2,11,13)/i/hD. The van der Waals surface area contributed by atoms with E-state index >= 15 is 0 Å². The van der Waals surface area contributed by atoms with E-state index in [2.05, 4.69) is 15.7 Å². The van der Waals surface area contributed by atoms with Crippen molar-refractivity contribution in [1.82, 2.24) is 9.97 Å². The summed E-state index contributed by atoms with van der Waals surface area (Å²) < 4.78 is 6.89. The van der Waals surface area contributed by atoms with Crippen LogP contribution in [0.3, 0.4) is 0 Å². The number of pyridine rings is 2. The van der Waals surface area contributed by atoms with E-state index in [1.807, 2.05) is 24.3 Å². The lowest BCUT2D eigenvalue weighted by Gasteiger charge is -1.98. The minimum Gasteiger partial charge on any atom is -0.384 e. The molecule has 0 saturated heterocycles. The van der Waals surface area contributed by atoms with Gasteiger partial charge in [-0.3, -0.25) is 4.98 Å². The van der Waals surface area contributed by atoms with Crippen LogP contribution in [0.1, 0.15) is 0 Å². The normalized spacial score (nSPS) is 10.6. The minimum absolute atomic E-state index is 0.532. The van der Waals surface area contributed by atoms with Gasteiger partial charge in [0, 0.05) is 18.0 Å². The molecule has 0 fully saturated rings. The SMILES string of the molecule is [2H]Nc1ccc(-c2ccccn2)cn1. The van der Waals surface area contributed by atoms with E-state index in [4.69, 9.17) is 1.41 Å². The van der Waals surface area contributed by atoms with Crippen LogP contribution in [-0.2, 0) is 0 Å². The van der Waals surface area contributed by atoms with Gasteiger partial charge < -0.3 is 5.73 Å². The number of hydrogen-bond acceptors (Lipinski definition) is 3. The molecule has 0 spiro atoms. The first-order valence-electron chi connectivity index (χ1n) is 4.45. The highest BCUT2D eigenvalue weighted by Crippen LogP contribution is 2.14. The lowest BCUT2D eigenvalue weighted by molar-refractivity contribution is 1.28. The maximum Gasteiger partial charge on any atom is 0.158 e. The molecule has 2 aromatic rings. The number of hydrogen-bond donors (Lipinski definition) is 1. The third-order valence-electron chi connectivity index (χ3n) is 1.72. The van der Waals surface area contributed by atoms with Crippen LogP contribution in [0.4, 0.5) is 5.82 Å². The zero-order chi connectivity index (χ0) is 9.80. The Hall–Kier alpha value is -1.90. The Morgan fingerprint density at radius 1 is 1.15 bits per heavy atom. The molecule has 2 aromatic heterocycles. The Morgan fingerprint density at radius 3 is 2.77 bits per heavy atom. The first kappa shape index (κ1) is 6.60. The average molecular weight is 172 g/mol. The topological polar surface area (TPSA) is 51.8 Å². The molecule has 0 saturated carbocycles. The van der Waals surface area contributed by atoms with Gasteiger partial charge in [0.1, 0.15) is 5.82 Å². The fraction of sp³-hybridized carbons (Fsp3) is 0. The Morgan fingerprint density at radius 2 is 2.15 bits per heavy atom. The zero-order valence-corrected chi connectivity index (χ0v) is 6.94. The fourth-order valence-corrected chi connectivity index (χ4v) is 1.08. The molecule has 0 aromatic carbocycles. The van der Waals surface area contributed by atoms with Crippen molar-refractivity contribution in [3.8, 4) is 11.3 Å². The maximum atomic E-state index is 6.89. The van der Waals surface area contributed by atoms with Crippen molar-refractivity contribution >= 4 is 5.82 Å². The van der Waals surface area contributed by atoms with Crippen molar-refractivity contribution in [1.29, 1.82) is 0 Å². The van der Waals surface area contributed by atoms with Gasteiger partial charge >= 0.3 is 0 Å². The second-order valence-corrected chi connectivity index (χ2v) is 2.65. The molecule has 3 nitrogen and oxygen atoms in total. The Labute approximate surface area is 77.7 Å². The second-order valence-electron chi connectivity index (χ2n) is 2.65. The molecule has 0 bridgehead atoms. The number of anilines is 1. The molecule has 64 valence electrons. The first-order valence-corrected chi connectivity index (χ1v) is 3.95. The minimum atomic E-state index is 0.532. The van der Waals surface area contributed by atoms with E-state index in [-0.39, 0.29) is 0 Å². The highest BCUT2D eigenvalue weighted by Gasteiger charge is 1.96. The molecule has 0 amide bonds. The van der Waals surface area contributed by atoms with Crippen molar-refractivity contribution in [2.24, 2.45) is 0 Å². The number of nitrogens with two attached hydrogens (primary N) is 1. The van der Waals surface area contributed by atoms with Gasteiger partial charge in [-0.05, 0) is 24.3 Å². The van der Waals surface area contributed by atoms with Gasteiger partial charge in [0.15, 0.2) is 1.41 Å². The molecule has 3 heteroatoms. The van der Waals surface area contributed by atoms with Crippen molar-refractivity contribution in [3.05, 3.63) is 42.7 Å². The number of rotatable bonds is 2. The average Bonchev–Trinajstić information content (AvgIpc) is 2.30. The van der Waals surface area contributed by atoms with E-state index in [1.54, 1.807) is 18.5 Å². The predicted octanol–water partition coefficient (Wildman–Crippen LogP) is 1.73. The van der Waals surface area contributed by atoms with Crippen molar-refractivity contribution < 1.29 is 1.41 Å². The monoisotopic (exact) mass is 172 g/mol. The lowest BCUT2D eigenvalue weighted by Crippen LogP contribution is -1.89. The highest BCUT2D eigenvalue weighted by molar-refractivity contribution is 5.58. The van der Waals surface area contributed by atoms with E-state index in [1.165, 1.54) is 0 Å². The van der Waals surface area contributed by atoms with Crippen LogP contribution >= 0.6 is 0 Å². The van der Waals surface area contributed by atoms with Gasteiger partial charge in [-0.15, -0.1) is 0 Å². The Kier molecular flexibility index (Phi) is 1.64. The van der Waals surface area contributed by atoms with Gasteiger partial charge in [0.25, 0.3) is 0 Å². The summed E-state index contributed by atoms with van der Waals surface area (Å²) in [5, 5.41) is 0. The molecule has 0 aliphatic heterocycles. The maximum absolute atomic E-state index is 6.89. The van der Waals surface area contributed by atoms with Gasteiger partial charge in [-0.1, -0.05) is 6.07 Å². The number of aromatic nitrogens is 2. The summed E-state index contributed by atoms with van der Waals surface area (Å²) in [6.45, 7) is 0. The van der Waals surface area contributed by atoms with E-state index in [0.29, 0.717) is 5.82 Å². The summed E-state index contributed by atoms with van der Waals surface area (Å²) in [5.74, 6) is 0.532. The molecule has 0 atom stereocenters. The van der Waals surface area contributed by atoms with Crippen LogP contribution in [-0.4, -0.2) is 9.97 Å². The number of nitrogen functional groups attached to an aromatic ring is 1. The quantitative estimate of drug-likeness (QED) is 0.750. The van der Waals surface area contributed by atoms with Crippen LogP contribution < -0.4 is 5.73 Å². The van der Waals surface area contributed by atoms with E-state index in [0.717, 1.165) is 11.3 Å². The smallest absolute Gasteiger partial charge is 0.158 e. The van der Waals surface area contributed by atoms with Crippen LogP contribution in [0.2, 0.25) is 1.41 Å². The molecule has 0 aliphatic carbocycles. The van der Waals surface area contributed by atoms with Gasteiger partial charge in [0.2, 0.25) is 0 Å². The predicted molar refractivity (Wildman–Crippen MR) is 51.9 cm³/mol. The summed E-state index contributed by atoms with van der Waals surface area (Å²) in [7, 11) is 0. The fourth-order valence-electron chi connectivity index (χ4n) is 1.08. The van der Waals surface area contributed by atoms with Gasteiger partial charge in [0.05, 0.1) is 5.69 Å². The molecular formula is C10H9N3. The summed E-state index contributed by atoms with van der Waals surface area (Å²) >= 11 is 0. The zero-order valence-electron chi connectivity index (χ0n) is 7.94. The molecular weight excluding hydrogens is 162 g/mol. The third kappa shape index (κ3) is 1.64. The van der Waals surface area contributed by atoms with Crippen molar-refractivity contribution in [3.63, 3.8) is 0 Å². The van der Waals surface area contributed by atoms with Crippen molar-refractivity contribution in [2.45, 2.75) is 0 Å². The molecule has 0 radical (unpaired) electrons. The molecule has 13 heavy (non-hydrogen) atoms. The van der Waals surface area contributed by atoms with Crippen LogP contribution in [0.5, 0.6) is 0 Å². The molecule has 0 aliphatic rings. The van der Waals surface area contributed by atoms with Gasteiger partial charge in [-0.25, -0.2) is 4.98 Å². The first-order chi connectivity index (χ1) is 6.90. The summed E-state index contributed by atoms with van der Waals surface area (Å²) in [6, 6.07) is 9.35. The van der Waals surface area contributed by atoms with Crippen LogP contribution in [0, 0.1) is 0 Å². The Balaban J connectivity index is 2.34. The van der Waals surface area contributed by atoms with E-state index < -0.39 is 0 Å². The molecule has 0 unspecified atom stereocenters. The lowest BCUT2D eigenvalue weighted by atomic mass is 10.2. The number of nitrogens with zero attached hydrogens (tertiary/aromatic N) is 2. The summed E-state index contributed by atoms with van der Waals surface area (Å²) in [4.78, 5) is 8.23. The molecule has 2 heterocycles. The molecule has 2 N–H and O–H groups in total. The Bertz CT molecular complexity index is 399. The van der Waals surface area contributed by atoms with Crippen LogP contribution in [0.15, 0.2) is 42.7 Å². The van der Waals surface area contributed by atoms with Crippen molar-refractivity contribution in [2.75, 3.05) is 5.73 Å². The third-order valence-corrected chi connectivity index (χ3v) is 1.72. The molecule has 2 rings (SSSR count). The van der Waals surface area contributed by atoms with Gasteiger partial charge in [-0.2, -0.15) is 0 Å². The van der Waals surface area contributed by atoms with Crippen LogP contribution in [0.25, 0.3) is 11.3 Å². The second kappa shape index (κ2) is 3.23. The summed E-state index contributed by atoms with van der Waals surface area (Å²) in [5.41, 5.74) is 4.06. The largest absolute Gasteiger partial charge is 0.384 e. The van der Waals surface area contributed by atoms with E-state index in [9.17, 15) is 0 Å².